The van der Waals surface area contributed by atoms with E-state index in [1.807, 2.05) is 13.0 Å². The quantitative estimate of drug-likeness (QED) is 0.371. The first-order chi connectivity index (χ1) is 16.1. The molecular formula is C25H24F3NO4S. The van der Waals surface area contributed by atoms with E-state index in [-0.39, 0.29) is 24.8 Å². The summed E-state index contributed by atoms with van der Waals surface area (Å²) in [7, 11) is 0. The van der Waals surface area contributed by atoms with Gasteiger partial charge < -0.3 is 15.2 Å². The van der Waals surface area contributed by atoms with Crippen LogP contribution in [0.3, 0.4) is 0 Å². The van der Waals surface area contributed by atoms with Crippen molar-refractivity contribution in [3.63, 3.8) is 0 Å². The number of rotatable bonds is 10. The zero-order valence-electron chi connectivity index (χ0n) is 18.4. The maximum Gasteiger partial charge on any atom is 0.416 e. The summed E-state index contributed by atoms with van der Waals surface area (Å²) >= 11 is 1.37. The molecule has 180 valence electrons. The van der Waals surface area contributed by atoms with Crippen LogP contribution < -0.4 is 10.1 Å². The number of amides is 1. The van der Waals surface area contributed by atoms with Crippen LogP contribution in [-0.2, 0) is 17.4 Å². The van der Waals surface area contributed by atoms with Gasteiger partial charge in [-0.3, -0.25) is 9.59 Å². The summed E-state index contributed by atoms with van der Waals surface area (Å²) in [5.41, 5.74) is 0.803. The Balaban J connectivity index is 1.48. The second-order valence-electron chi connectivity index (χ2n) is 7.89. The topological polar surface area (TPSA) is 75.6 Å². The van der Waals surface area contributed by atoms with Crippen molar-refractivity contribution in [1.82, 2.24) is 5.32 Å². The summed E-state index contributed by atoms with van der Waals surface area (Å²) < 4.78 is 44.0. The van der Waals surface area contributed by atoms with Crippen LogP contribution in [0, 0.1) is 5.92 Å². The van der Waals surface area contributed by atoms with Gasteiger partial charge >= 0.3 is 12.1 Å². The van der Waals surface area contributed by atoms with Crippen molar-refractivity contribution in [3.05, 3.63) is 76.0 Å². The Morgan fingerprint density at radius 3 is 2.21 bits per heavy atom. The van der Waals surface area contributed by atoms with Crippen molar-refractivity contribution in [3.8, 4) is 16.9 Å². The highest BCUT2D eigenvalue weighted by molar-refractivity contribution is 7.14. The number of alkyl halides is 3. The van der Waals surface area contributed by atoms with Crippen molar-refractivity contribution in [2.75, 3.05) is 13.2 Å². The van der Waals surface area contributed by atoms with Crippen molar-refractivity contribution >= 4 is 23.2 Å². The van der Waals surface area contributed by atoms with E-state index < -0.39 is 17.7 Å². The van der Waals surface area contributed by atoms with Crippen LogP contribution in [0.15, 0.2) is 60.7 Å². The number of carboxylic acids is 1. The largest absolute Gasteiger partial charge is 0.493 e. The third kappa shape index (κ3) is 7.34. The zero-order chi connectivity index (χ0) is 24.7. The van der Waals surface area contributed by atoms with Gasteiger partial charge in [0.25, 0.3) is 5.91 Å². The fourth-order valence-corrected chi connectivity index (χ4v) is 4.30. The molecule has 3 aromatic rings. The van der Waals surface area contributed by atoms with Gasteiger partial charge in [-0.2, -0.15) is 13.2 Å². The summed E-state index contributed by atoms with van der Waals surface area (Å²) in [4.78, 5) is 24.2. The second kappa shape index (κ2) is 11.2. The lowest BCUT2D eigenvalue weighted by Crippen LogP contribution is -2.25. The van der Waals surface area contributed by atoms with Gasteiger partial charge in [0.1, 0.15) is 5.75 Å². The van der Waals surface area contributed by atoms with Gasteiger partial charge in [0.05, 0.1) is 23.5 Å². The predicted octanol–water partition coefficient (Wildman–Crippen LogP) is 5.90. The van der Waals surface area contributed by atoms with E-state index >= 15 is 0 Å². The standard InChI is InChI=1S/C25H24F3NO4S/c1-16(14-21-10-11-22(34-21)24(32)29-13-12-23(30)31)15-33-20-8-4-18(5-9-20)17-2-6-19(7-3-17)25(26,27)28/h2-11,16H,12-15H2,1H3,(H,29,32)(H,30,31). The highest BCUT2D eigenvalue weighted by Gasteiger charge is 2.29. The minimum absolute atomic E-state index is 0.0866. The maximum atomic E-state index is 12.7. The summed E-state index contributed by atoms with van der Waals surface area (Å²) in [5, 5.41) is 11.2. The SMILES string of the molecule is CC(COc1ccc(-c2ccc(C(F)(F)F)cc2)cc1)Cc1ccc(C(=O)NCCC(=O)O)s1. The summed E-state index contributed by atoms with van der Waals surface area (Å²) in [6.45, 7) is 2.57. The maximum absolute atomic E-state index is 12.7. The fraction of sp³-hybridized carbons (Fsp3) is 0.280. The number of carbonyl (C=O) groups is 2. The molecule has 9 heteroatoms. The number of halogens is 3. The molecule has 34 heavy (non-hydrogen) atoms. The van der Waals surface area contributed by atoms with Gasteiger partial charge in [0, 0.05) is 11.4 Å². The van der Waals surface area contributed by atoms with Gasteiger partial charge in [-0.05, 0) is 59.9 Å². The van der Waals surface area contributed by atoms with Crippen molar-refractivity contribution in [2.45, 2.75) is 25.9 Å². The molecule has 1 amide bonds. The fourth-order valence-electron chi connectivity index (χ4n) is 3.22. The molecule has 1 heterocycles. The highest BCUT2D eigenvalue weighted by Crippen LogP contribution is 2.31. The van der Waals surface area contributed by atoms with E-state index in [0.29, 0.717) is 22.8 Å². The number of hydrogen-bond acceptors (Lipinski definition) is 4. The van der Waals surface area contributed by atoms with Crippen molar-refractivity contribution in [2.24, 2.45) is 5.92 Å². The summed E-state index contributed by atoms with van der Waals surface area (Å²) in [6, 6.07) is 15.8. The molecule has 0 saturated carbocycles. The third-order valence-electron chi connectivity index (χ3n) is 4.99. The van der Waals surface area contributed by atoms with E-state index in [0.717, 1.165) is 29.0 Å². The first-order valence-electron chi connectivity index (χ1n) is 10.6. The highest BCUT2D eigenvalue weighted by atomic mass is 32.1. The number of ether oxygens (including phenoxy) is 1. The van der Waals surface area contributed by atoms with Gasteiger partial charge in [-0.25, -0.2) is 0 Å². The molecule has 1 aromatic heterocycles. The molecule has 3 rings (SSSR count). The van der Waals surface area contributed by atoms with Crippen LogP contribution >= 0.6 is 11.3 Å². The van der Waals surface area contributed by atoms with E-state index in [9.17, 15) is 22.8 Å². The number of carbonyl (C=O) groups excluding carboxylic acids is 1. The molecule has 2 aromatic carbocycles. The van der Waals surface area contributed by atoms with Crippen LogP contribution in [0.4, 0.5) is 13.2 Å². The van der Waals surface area contributed by atoms with Crippen molar-refractivity contribution in [1.29, 1.82) is 0 Å². The number of nitrogens with one attached hydrogen (secondary N) is 1. The second-order valence-corrected chi connectivity index (χ2v) is 9.05. The molecular weight excluding hydrogens is 467 g/mol. The Bertz CT molecular complexity index is 1110. The molecule has 0 aliphatic carbocycles. The number of benzene rings is 2. The Morgan fingerprint density at radius 1 is 1.00 bits per heavy atom. The van der Waals surface area contributed by atoms with Crippen LogP contribution in [0.2, 0.25) is 0 Å². The van der Waals surface area contributed by atoms with Gasteiger partial charge in [-0.1, -0.05) is 31.2 Å². The van der Waals surface area contributed by atoms with E-state index in [2.05, 4.69) is 5.32 Å². The van der Waals surface area contributed by atoms with Crippen LogP contribution in [-0.4, -0.2) is 30.1 Å². The van der Waals surface area contributed by atoms with Gasteiger partial charge in [0.2, 0.25) is 0 Å². The number of thiophene rings is 1. The minimum atomic E-state index is -4.36. The van der Waals surface area contributed by atoms with Crippen LogP contribution in [0.5, 0.6) is 5.75 Å². The molecule has 0 bridgehead atoms. The Morgan fingerprint density at radius 2 is 1.62 bits per heavy atom. The third-order valence-corrected chi connectivity index (χ3v) is 6.10. The van der Waals surface area contributed by atoms with E-state index in [1.165, 1.54) is 23.5 Å². The molecule has 0 radical (unpaired) electrons. The Labute approximate surface area is 199 Å². The molecule has 0 spiro atoms. The average Bonchev–Trinajstić information content (AvgIpc) is 3.26. The van der Waals surface area contributed by atoms with Crippen molar-refractivity contribution < 1.29 is 32.6 Å². The van der Waals surface area contributed by atoms with Gasteiger partial charge in [0.15, 0.2) is 0 Å². The predicted molar refractivity (Wildman–Crippen MR) is 124 cm³/mol. The zero-order valence-corrected chi connectivity index (χ0v) is 19.2. The number of aliphatic carboxylic acids is 1. The normalized spacial score (nSPS) is 12.2. The average molecular weight is 492 g/mol. The lowest BCUT2D eigenvalue weighted by Gasteiger charge is -2.13. The first kappa shape index (κ1) is 25.3. The molecule has 0 fully saturated rings. The molecule has 0 saturated heterocycles. The molecule has 2 N–H and O–H groups in total. The Kier molecular flexibility index (Phi) is 8.33. The monoisotopic (exact) mass is 491 g/mol. The molecule has 1 atom stereocenters. The first-order valence-corrected chi connectivity index (χ1v) is 11.4. The number of carboxylic acid groups (broad SMARTS) is 1. The summed E-state index contributed by atoms with van der Waals surface area (Å²) in [6.07, 6.45) is -3.76. The van der Waals surface area contributed by atoms with E-state index in [4.69, 9.17) is 9.84 Å². The van der Waals surface area contributed by atoms with Crippen LogP contribution in [0.25, 0.3) is 11.1 Å². The Hall–Kier alpha value is -3.33. The van der Waals surface area contributed by atoms with Gasteiger partial charge in [-0.15, -0.1) is 11.3 Å². The van der Waals surface area contributed by atoms with Crippen LogP contribution in [0.1, 0.15) is 33.5 Å². The molecule has 1 unspecified atom stereocenters. The smallest absolute Gasteiger partial charge is 0.416 e. The minimum Gasteiger partial charge on any atom is -0.493 e. The molecule has 0 aliphatic rings. The lowest BCUT2D eigenvalue weighted by molar-refractivity contribution is -0.138. The molecule has 0 aliphatic heterocycles. The molecule has 5 nitrogen and oxygen atoms in total. The summed E-state index contributed by atoms with van der Waals surface area (Å²) in [5.74, 6) is -0.409. The lowest BCUT2D eigenvalue weighted by atomic mass is 10.0. The van der Waals surface area contributed by atoms with E-state index in [1.54, 1.807) is 30.3 Å². The number of hydrogen-bond donors (Lipinski definition) is 2.